The minimum atomic E-state index is -9.49. The molecule has 0 atom stereocenters. The third kappa shape index (κ3) is 2.84. The van der Waals surface area contributed by atoms with Crippen LogP contribution in [0.1, 0.15) is 0 Å². The Morgan fingerprint density at radius 1 is 1.00 bits per heavy atom. The molecule has 0 heterocycles. The van der Waals surface area contributed by atoms with E-state index < -0.39 is 15.1 Å². The molecule has 1 aromatic carbocycles. The fourth-order valence-electron chi connectivity index (χ4n) is 0.707. The molecule has 0 saturated heterocycles. The van der Waals surface area contributed by atoms with Crippen molar-refractivity contribution in [2.45, 2.75) is 4.90 Å². The van der Waals surface area contributed by atoms with Gasteiger partial charge in [-0.25, -0.2) is 0 Å². The molecule has 0 aliphatic heterocycles. The topological polar surface area (TPSA) is 0 Å². The van der Waals surface area contributed by atoms with Gasteiger partial charge >= 0.3 is 10.2 Å². The third-order valence-corrected chi connectivity index (χ3v) is 2.88. The zero-order valence-corrected chi connectivity index (χ0v) is 8.39. The molecular weight excluding hydrogens is 279 g/mol. The van der Waals surface area contributed by atoms with Crippen LogP contribution in [-0.4, -0.2) is 0 Å². The van der Waals surface area contributed by atoms with Crippen molar-refractivity contribution in [3.8, 4) is 0 Å². The quantitative estimate of drug-likeness (QED) is 0.628. The zero-order chi connectivity index (χ0) is 10.4. The summed E-state index contributed by atoms with van der Waals surface area (Å²) < 4.78 is 60.5. The predicted molar refractivity (Wildman–Crippen MR) is 45.5 cm³/mol. The molecular formula is C6H4BrF5S. The fraction of sp³-hybridized carbons (Fsp3) is 0. The highest BCUT2D eigenvalue weighted by molar-refractivity contribution is 9.10. The van der Waals surface area contributed by atoms with Crippen LogP contribution in [0.15, 0.2) is 33.6 Å². The van der Waals surface area contributed by atoms with Crippen molar-refractivity contribution in [3.63, 3.8) is 0 Å². The van der Waals surface area contributed by atoms with E-state index in [1.807, 2.05) is 0 Å². The van der Waals surface area contributed by atoms with E-state index in [1.54, 1.807) is 0 Å². The second kappa shape index (κ2) is 2.20. The summed E-state index contributed by atoms with van der Waals surface area (Å²) in [4.78, 5) is -1.88. The normalized spacial score (nSPS) is 17.7. The smallest absolute Gasteiger partial charge is 0.0936 e. The standard InChI is InChI=1S/C6H4BrF5S/c7-5-2-1-3-6(4-5)13(8,9,10,11)12/h1-4H. The molecule has 0 fully saturated rings. The highest BCUT2D eigenvalue weighted by Gasteiger charge is 2.65. The Bertz CT molecular complexity index is 342. The molecule has 0 aromatic heterocycles. The van der Waals surface area contributed by atoms with Crippen molar-refractivity contribution in [2.75, 3.05) is 0 Å². The predicted octanol–water partition coefficient (Wildman–Crippen LogP) is 5.11. The Morgan fingerprint density at radius 3 is 1.85 bits per heavy atom. The van der Waals surface area contributed by atoms with Crippen LogP contribution in [0, 0.1) is 0 Å². The summed E-state index contributed by atoms with van der Waals surface area (Å²) in [7, 11) is -9.49. The SMILES string of the molecule is FS(F)(F)(F)(F)c1cccc(Br)c1. The highest BCUT2D eigenvalue weighted by Crippen LogP contribution is 3.02. The van der Waals surface area contributed by atoms with Crippen molar-refractivity contribution >= 4 is 26.2 Å². The van der Waals surface area contributed by atoms with Gasteiger partial charge in [-0.1, -0.05) is 41.4 Å². The van der Waals surface area contributed by atoms with E-state index in [1.165, 1.54) is 6.07 Å². The number of hydrogen-bond donors (Lipinski definition) is 0. The third-order valence-electron chi connectivity index (χ3n) is 1.24. The van der Waals surface area contributed by atoms with Gasteiger partial charge in [0, 0.05) is 4.47 Å². The molecule has 0 radical (unpaired) electrons. The molecule has 0 aliphatic rings. The fourth-order valence-corrected chi connectivity index (χ4v) is 1.94. The molecule has 0 nitrogen and oxygen atoms in total. The number of rotatable bonds is 1. The first-order chi connectivity index (χ1) is 5.49. The van der Waals surface area contributed by atoms with Crippen LogP contribution >= 0.6 is 26.2 Å². The summed E-state index contributed by atoms with van der Waals surface area (Å²) >= 11 is 2.69. The van der Waals surface area contributed by atoms with Gasteiger partial charge in [0.2, 0.25) is 0 Å². The van der Waals surface area contributed by atoms with E-state index in [2.05, 4.69) is 15.9 Å². The van der Waals surface area contributed by atoms with E-state index >= 15 is 0 Å². The number of hydrogen-bond acceptors (Lipinski definition) is 0. The Kier molecular flexibility index (Phi) is 1.82. The molecule has 0 saturated carbocycles. The van der Waals surface area contributed by atoms with E-state index in [-0.39, 0.29) is 4.47 Å². The van der Waals surface area contributed by atoms with Crippen molar-refractivity contribution in [1.29, 1.82) is 0 Å². The highest BCUT2D eigenvalue weighted by atomic mass is 79.9. The first-order valence-electron chi connectivity index (χ1n) is 2.99. The number of benzene rings is 1. The maximum atomic E-state index is 12.1. The van der Waals surface area contributed by atoms with Crippen LogP contribution in [0.3, 0.4) is 0 Å². The zero-order valence-electron chi connectivity index (χ0n) is 5.99. The number of halogens is 6. The molecule has 0 N–H and O–H groups in total. The molecule has 0 spiro atoms. The molecule has 0 bridgehead atoms. The Morgan fingerprint density at radius 2 is 1.54 bits per heavy atom. The van der Waals surface area contributed by atoms with Gasteiger partial charge in [0.1, 0.15) is 4.90 Å². The lowest BCUT2D eigenvalue weighted by Crippen LogP contribution is -2.05. The monoisotopic (exact) mass is 282 g/mol. The van der Waals surface area contributed by atoms with Gasteiger partial charge in [-0.05, 0) is 18.2 Å². The molecule has 1 aromatic rings. The van der Waals surface area contributed by atoms with Gasteiger partial charge in [-0.2, -0.15) is 0 Å². The van der Waals surface area contributed by atoms with Crippen LogP contribution in [0.5, 0.6) is 0 Å². The summed E-state index contributed by atoms with van der Waals surface area (Å²) in [5.41, 5.74) is 0. The lowest BCUT2D eigenvalue weighted by atomic mass is 10.4. The summed E-state index contributed by atoms with van der Waals surface area (Å²) in [5, 5.41) is 0. The second-order valence-electron chi connectivity index (χ2n) is 2.43. The van der Waals surface area contributed by atoms with Gasteiger partial charge < -0.3 is 0 Å². The van der Waals surface area contributed by atoms with Gasteiger partial charge in [0.05, 0.1) is 0 Å². The molecule has 0 unspecified atom stereocenters. The molecule has 0 amide bonds. The average Bonchev–Trinajstić information content (AvgIpc) is 1.82. The second-order valence-corrected chi connectivity index (χ2v) is 5.75. The van der Waals surface area contributed by atoms with Gasteiger partial charge in [0.25, 0.3) is 0 Å². The lowest BCUT2D eigenvalue weighted by molar-refractivity contribution is 0.364. The molecule has 13 heavy (non-hydrogen) atoms. The van der Waals surface area contributed by atoms with E-state index in [0.717, 1.165) is 6.07 Å². The van der Waals surface area contributed by atoms with Crippen molar-refractivity contribution in [3.05, 3.63) is 28.7 Å². The first kappa shape index (κ1) is 10.8. The van der Waals surface area contributed by atoms with Crippen LogP contribution in [-0.2, 0) is 0 Å². The summed E-state index contributed by atoms with van der Waals surface area (Å²) in [5.74, 6) is 0. The Balaban J connectivity index is 3.41. The summed E-state index contributed by atoms with van der Waals surface area (Å²) in [6.45, 7) is 0. The van der Waals surface area contributed by atoms with Crippen LogP contribution < -0.4 is 0 Å². The molecule has 76 valence electrons. The van der Waals surface area contributed by atoms with Crippen molar-refractivity contribution < 1.29 is 19.4 Å². The molecule has 0 aliphatic carbocycles. The van der Waals surface area contributed by atoms with Gasteiger partial charge in [-0.15, -0.1) is 0 Å². The first-order valence-corrected chi connectivity index (χ1v) is 5.73. The Hall–Kier alpha value is -0.300. The summed E-state index contributed by atoms with van der Waals surface area (Å²) in [6.07, 6.45) is 0. The van der Waals surface area contributed by atoms with E-state index in [0.29, 0.717) is 12.1 Å². The van der Waals surface area contributed by atoms with E-state index in [4.69, 9.17) is 0 Å². The summed E-state index contributed by atoms with van der Waals surface area (Å²) in [6, 6.07) is 2.87. The molecule has 7 heteroatoms. The van der Waals surface area contributed by atoms with Gasteiger partial charge in [0.15, 0.2) is 0 Å². The van der Waals surface area contributed by atoms with Crippen molar-refractivity contribution in [2.24, 2.45) is 0 Å². The van der Waals surface area contributed by atoms with Crippen LogP contribution in [0.25, 0.3) is 0 Å². The van der Waals surface area contributed by atoms with Crippen molar-refractivity contribution in [1.82, 2.24) is 0 Å². The maximum absolute atomic E-state index is 12.1. The Labute approximate surface area is 79.6 Å². The van der Waals surface area contributed by atoms with Crippen LogP contribution in [0.4, 0.5) is 19.4 Å². The lowest BCUT2D eigenvalue weighted by Gasteiger charge is -2.40. The molecule has 1 rings (SSSR count). The average molecular weight is 283 g/mol. The minimum Gasteiger partial charge on any atom is -0.0936 e. The minimum absolute atomic E-state index is 0.0294. The van der Waals surface area contributed by atoms with E-state index in [9.17, 15) is 19.4 Å². The van der Waals surface area contributed by atoms with Gasteiger partial charge in [-0.3, -0.25) is 0 Å². The maximum Gasteiger partial charge on any atom is 0.310 e. The van der Waals surface area contributed by atoms with Crippen LogP contribution in [0.2, 0.25) is 0 Å². The largest absolute Gasteiger partial charge is 0.310 e.